The number of carbonyl (C=O) groups excluding carboxylic acids is 1. The molecule has 24 heavy (non-hydrogen) atoms. The number of aromatic nitrogens is 2. The number of nitrogens with zero attached hydrogens (tertiary/aromatic N) is 1. The number of aliphatic hydroxyl groups is 1. The van der Waals surface area contributed by atoms with Crippen molar-refractivity contribution in [2.24, 2.45) is 0 Å². The van der Waals surface area contributed by atoms with Crippen molar-refractivity contribution in [2.45, 2.75) is 24.4 Å². The van der Waals surface area contributed by atoms with Crippen LogP contribution < -0.4 is 5.32 Å². The number of fused-ring (bicyclic) bond motifs is 1. The molecule has 3 N–H and O–H groups in total. The summed E-state index contributed by atoms with van der Waals surface area (Å²) in [5.74, 6) is -0.290. The van der Waals surface area contributed by atoms with Crippen molar-refractivity contribution >= 4 is 17.5 Å². The third-order valence-corrected chi connectivity index (χ3v) is 4.56. The van der Waals surface area contributed by atoms with Crippen molar-refractivity contribution in [3.05, 3.63) is 41.0 Å². The number of H-pyrrole nitrogens is 1. The minimum Gasteiger partial charge on any atom is -0.388 e. The van der Waals surface area contributed by atoms with E-state index in [-0.39, 0.29) is 30.8 Å². The molecule has 1 amide bonds. The normalized spacial score (nSPS) is 28.8. The number of hydrogen-bond acceptors (Lipinski definition) is 5. The second-order valence-corrected chi connectivity index (χ2v) is 6.35. The number of aliphatic hydroxyl groups excluding tert-OH is 1. The molecule has 4 rings (SSSR count). The molecular weight excluding hydrogens is 334 g/mol. The van der Waals surface area contributed by atoms with E-state index >= 15 is 0 Å². The van der Waals surface area contributed by atoms with Crippen LogP contribution in [0.3, 0.4) is 0 Å². The van der Waals surface area contributed by atoms with Crippen LogP contribution in [-0.2, 0) is 9.47 Å². The van der Waals surface area contributed by atoms with E-state index in [4.69, 9.17) is 21.1 Å². The molecule has 0 unspecified atom stereocenters. The first-order valence-corrected chi connectivity index (χ1v) is 8.03. The maximum Gasteiger partial charge on any atom is 0.269 e. The van der Waals surface area contributed by atoms with Gasteiger partial charge in [-0.3, -0.25) is 9.89 Å². The lowest BCUT2D eigenvalue weighted by Crippen LogP contribution is -2.44. The van der Waals surface area contributed by atoms with Gasteiger partial charge in [0.15, 0.2) is 0 Å². The van der Waals surface area contributed by atoms with Crippen molar-refractivity contribution < 1.29 is 19.4 Å². The molecule has 0 radical (unpaired) electrons. The van der Waals surface area contributed by atoms with E-state index < -0.39 is 6.10 Å². The predicted octanol–water partition coefficient (Wildman–Crippen LogP) is 0.987. The Morgan fingerprint density at radius 3 is 2.79 bits per heavy atom. The first-order valence-electron chi connectivity index (χ1n) is 7.65. The lowest BCUT2D eigenvalue weighted by atomic mass is 10.1. The number of halogens is 1. The Labute approximate surface area is 142 Å². The van der Waals surface area contributed by atoms with Gasteiger partial charge >= 0.3 is 0 Å². The molecule has 2 saturated heterocycles. The molecule has 0 saturated carbocycles. The summed E-state index contributed by atoms with van der Waals surface area (Å²) in [5.41, 5.74) is 1.87. The average molecular weight is 350 g/mol. The summed E-state index contributed by atoms with van der Waals surface area (Å²) in [6.45, 7) is 0.544. The van der Waals surface area contributed by atoms with Gasteiger partial charge in [-0.2, -0.15) is 5.10 Å². The van der Waals surface area contributed by atoms with Crippen LogP contribution in [0.4, 0.5) is 0 Å². The van der Waals surface area contributed by atoms with E-state index in [1.807, 2.05) is 12.1 Å². The van der Waals surface area contributed by atoms with Crippen LogP contribution in [0.2, 0.25) is 5.02 Å². The molecule has 8 heteroatoms. The second-order valence-electron chi connectivity index (χ2n) is 5.92. The number of amides is 1. The minimum atomic E-state index is -0.638. The van der Waals surface area contributed by atoms with Crippen LogP contribution >= 0.6 is 11.6 Å². The molecule has 0 spiro atoms. The van der Waals surface area contributed by atoms with Crippen molar-refractivity contribution in [3.63, 3.8) is 0 Å². The molecule has 4 atom stereocenters. The molecule has 7 nitrogen and oxygen atoms in total. The van der Waals surface area contributed by atoms with Crippen molar-refractivity contribution in [3.8, 4) is 11.3 Å². The number of rotatable bonds is 3. The van der Waals surface area contributed by atoms with Gasteiger partial charge in [0.25, 0.3) is 5.91 Å². The molecule has 1 aromatic heterocycles. The number of nitrogens with one attached hydrogen (secondary N) is 2. The molecule has 2 aliphatic heterocycles. The number of benzene rings is 1. The molecule has 2 fully saturated rings. The lowest BCUT2D eigenvalue weighted by Gasteiger charge is -2.16. The van der Waals surface area contributed by atoms with Gasteiger partial charge in [0.1, 0.15) is 24.0 Å². The third-order valence-electron chi connectivity index (χ3n) is 4.31. The van der Waals surface area contributed by atoms with Gasteiger partial charge in [-0.1, -0.05) is 23.7 Å². The van der Waals surface area contributed by atoms with E-state index in [1.165, 1.54) is 0 Å². The van der Waals surface area contributed by atoms with E-state index in [9.17, 15) is 9.90 Å². The lowest BCUT2D eigenvalue weighted by molar-refractivity contribution is 0.0178. The molecule has 2 aromatic rings. The highest BCUT2D eigenvalue weighted by Gasteiger charge is 2.47. The maximum atomic E-state index is 12.4. The topological polar surface area (TPSA) is 96.5 Å². The first-order chi connectivity index (χ1) is 11.6. The SMILES string of the molecule is O=C(N[C@H]1CO[C@H]2[C@@H]1OC[C@@H]2O)c1cc(-c2ccc(Cl)cc2)n[nH]1. The Morgan fingerprint density at radius 2 is 2.00 bits per heavy atom. The van der Waals surface area contributed by atoms with Gasteiger partial charge in [-0.25, -0.2) is 0 Å². The summed E-state index contributed by atoms with van der Waals surface area (Å²) in [4.78, 5) is 12.4. The Morgan fingerprint density at radius 1 is 1.25 bits per heavy atom. The highest BCUT2D eigenvalue weighted by atomic mass is 35.5. The summed E-state index contributed by atoms with van der Waals surface area (Å²) in [6, 6.07) is 8.60. The monoisotopic (exact) mass is 349 g/mol. The Kier molecular flexibility index (Phi) is 4.01. The van der Waals surface area contributed by atoms with Crippen LogP contribution in [-0.4, -0.2) is 58.8 Å². The minimum absolute atomic E-state index is 0.229. The van der Waals surface area contributed by atoms with E-state index in [1.54, 1.807) is 18.2 Å². The largest absolute Gasteiger partial charge is 0.388 e. The van der Waals surface area contributed by atoms with Gasteiger partial charge in [-0.15, -0.1) is 0 Å². The van der Waals surface area contributed by atoms with Gasteiger partial charge < -0.3 is 19.9 Å². The number of hydrogen-bond donors (Lipinski definition) is 3. The highest BCUT2D eigenvalue weighted by Crippen LogP contribution is 2.27. The zero-order valence-electron chi connectivity index (χ0n) is 12.6. The highest BCUT2D eigenvalue weighted by molar-refractivity contribution is 6.30. The Bertz CT molecular complexity index is 748. The molecule has 0 bridgehead atoms. The molecule has 1 aromatic carbocycles. The predicted molar refractivity (Wildman–Crippen MR) is 85.8 cm³/mol. The van der Waals surface area contributed by atoms with Gasteiger partial charge in [0.05, 0.1) is 24.9 Å². The Hall–Kier alpha value is -1.93. The van der Waals surface area contributed by atoms with E-state index in [2.05, 4.69) is 15.5 Å². The summed E-state index contributed by atoms with van der Waals surface area (Å²) in [5, 5.41) is 20.1. The quantitative estimate of drug-likeness (QED) is 0.767. The smallest absolute Gasteiger partial charge is 0.269 e. The molecular formula is C16H16ClN3O4. The Balaban J connectivity index is 1.45. The van der Waals surface area contributed by atoms with Crippen LogP contribution in [0.25, 0.3) is 11.3 Å². The fourth-order valence-electron chi connectivity index (χ4n) is 3.06. The van der Waals surface area contributed by atoms with Gasteiger partial charge in [0.2, 0.25) is 0 Å². The zero-order valence-corrected chi connectivity index (χ0v) is 13.4. The average Bonchev–Trinajstić information content (AvgIpc) is 3.27. The number of aromatic amines is 1. The summed E-state index contributed by atoms with van der Waals surface area (Å²) in [7, 11) is 0. The first kappa shape index (κ1) is 15.6. The molecule has 2 aliphatic rings. The van der Waals surface area contributed by atoms with Crippen LogP contribution in [0.15, 0.2) is 30.3 Å². The molecule has 3 heterocycles. The second kappa shape index (κ2) is 6.18. The zero-order chi connectivity index (χ0) is 16.7. The van der Waals surface area contributed by atoms with Crippen molar-refractivity contribution in [2.75, 3.05) is 13.2 Å². The maximum absolute atomic E-state index is 12.4. The van der Waals surface area contributed by atoms with Crippen LogP contribution in [0.1, 0.15) is 10.5 Å². The number of carbonyl (C=O) groups is 1. The fourth-order valence-corrected chi connectivity index (χ4v) is 3.18. The number of ether oxygens (including phenoxy) is 2. The standard InChI is InChI=1S/C16H16ClN3O4/c17-9-3-1-8(2-4-9)10-5-11(20-19-10)16(22)18-12-6-23-15-13(21)7-24-14(12)15/h1-5,12-15,21H,6-7H2,(H,18,22)(H,19,20)/t12-,13-,14+,15+/m0/s1. The van der Waals surface area contributed by atoms with Gasteiger partial charge in [-0.05, 0) is 18.2 Å². The summed E-state index contributed by atoms with van der Waals surface area (Å²) >= 11 is 5.87. The summed E-state index contributed by atoms with van der Waals surface area (Å²) < 4.78 is 11.0. The molecule has 126 valence electrons. The summed E-state index contributed by atoms with van der Waals surface area (Å²) in [6.07, 6.45) is -1.33. The van der Waals surface area contributed by atoms with Crippen molar-refractivity contribution in [1.82, 2.24) is 15.5 Å². The van der Waals surface area contributed by atoms with E-state index in [0.717, 1.165) is 5.56 Å². The van der Waals surface area contributed by atoms with Gasteiger partial charge in [0, 0.05) is 10.6 Å². The van der Waals surface area contributed by atoms with Crippen molar-refractivity contribution in [1.29, 1.82) is 0 Å². The fraction of sp³-hybridized carbons (Fsp3) is 0.375. The molecule has 0 aliphatic carbocycles. The third kappa shape index (κ3) is 2.80. The van der Waals surface area contributed by atoms with Crippen LogP contribution in [0, 0.1) is 0 Å². The van der Waals surface area contributed by atoms with Crippen LogP contribution in [0.5, 0.6) is 0 Å². The van der Waals surface area contributed by atoms with E-state index in [0.29, 0.717) is 23.0 Å².